The summed E-state index contributed by atoms with van der Waals surface area (Å²) in [5.74, 6) is -0.912. The summed E-state index contributed by atoms with van der Waals surface area (Å²) in [7, 11) is 0. The number of hydrogen-bond acceptors (Lipinski definition) is 1. The normalized spacial score (nSPS) is 10.7. The summed E-state index contributed by atoms with van der Waals surface area (Å²) in [4.78, 5) is 10.5. The molecule has 90 valence electrons. The molecule has 0 amide bonds. The molecule has 1 rings (SSSR count). The monoisotopic (exact) mass is 230 g/mol. The van der Waals surface area contributed by atoms with E-state index in [1.165, 1.54) is 16.7 Å². The first-order chi connectivity index (χ1) is 8.00. The van der Waals surface area contributed by atoms with Crippen LogP contribution in [0.2, 0.25) is 0 Å². The number of aliphatic carboxylic acids is 1. The predicted octanol–water partition coefficient (Wildman–Crippen LogP) is 3.74. The van der Waals surface area contributed by atoms with Crippen LogP contribution in [-0.4, -0.2) is 11.1 Å². The van der Waals surface area contributed by atoms with Crippen molar-refractivity contribution in [3.63, 3.8) is 0 Å². The van der Waals surface area contributed by atoms with Gasteiger partial charge in [0, 0.05) is 5.57 Å². The fraction of sp³-hybridized carbons (Fsp3) is 0.267. The topological polar surface area (TPSA) is 37.3 Å². The van der Waals surface area contributed by atoms with Crippen molar-refractivity contribution in [1.29, 1.82) is 0 Å². The number of hydrogen-bond donors (Lipinski definition) is 1. The maximum atomic E-state index is 10.5. The standard InChI is InChI=1S/C15H18O2/c1-11-8-9-14(13(3)10-11)7-5-4-6-12(2)15(16)17/h5,7-10H,2,4,6H2,1,3H3,(H,16,17). The van der Waals surface area contributed by atoms with Gasteiger partial charge in [-0.3, -0.25) is 0 Å². The zero-order chi connectivity index (χ0) is 12.8. The molecule has 1 aromatic rings. The van der Waals surface area contributed by atoms with E-state index in [0.29, 0.717) is 12.8 Å². The van der Waals surface area contributed by atoms with Crippen molar-refractivity contribution >= 4 is 12.0 Å². The van der Waals surface area contributed by atoms with E-state index in [-0.39, 0.29) is 5.57 Å². The van der Waals surface area contributed by atoms with Crippen LogP contribution >= 0.6 is 0 Å². The van der Waals surface area contributed by atoms with E-state index in [9.17, 15) is 4.79 Å². The molecule has 0 unspecified atom stereocenters. The van der Waals surface area contributed by atoms with E-state index >= 15 is 0 Å². The molecule has 0 aliphatic rings. The first-order valence-electron chi connectivity index (χ1n) is 5.65. The van der Waals surface area contributed by atoms with Gasteiger partial charge in [-0.05, 0) is 37.8 Å². The molecule has 2 nitrogen and oxygen atoms in total. The molecule has 0 radical (unpaired) electrons. The van der Waals surface area contributed by atoms with Crippen molar-refractivity contribution < 1.29 is 9.90 Å². The maximum absolute atomic E-state index is 10.5. The lowest BCUT2D eigenvalue weighted by molar-refractivity contribution is -0.132. The highest BCUT2D eigenvalue weighted by Gasteiger charge is 2.01. The van der Waals surface area contributed by atoms with Crippen LogP contribution < -0.4 is 0 Å². The minimum atomic E-state index is -0.912. The summed E-state index contributed by atoms with van der Waals surface area (Å²) < 4.78 is 0. The van der Waals surface area contributed by atoms with Crippen LogP contribution in [0.15, 0.2) is 36.4 Å². The molecule has 0 aliphatic carbocycles. The third-order valence-electron chi connectivity index (χ3n) is 2.64. The van der Waals surface area contributed by atoms with Crippen LogP contribution in [-0.2, 0) is 4.79 Å². The number of carboxylic acid groups (broad SMARTS) is 1. The van der Waals surface area contributed by atoms with E-state index in [0.717, 1.165) is 0 Å². The first-order valence-corrected chi connectivity index (χ1v) is 5.65. The molecule has 0 fully saturated rings. The van der Waals surface area contributed by atoms with Crippen molar-refractivity contribution in [3.8, 4) is 0 Å². The van der Waals surface area contributed by atoms with E-state index < -0.39 is 5.97 Å². The van der Waals surface area contributed by atoms with Gasteiger partial charge >= 0.3 is 5.97 Å². The van der Waals surface area contributed by atoms with Gasteiger partial charge in [-0.25, -0.2) is 4.79 Å². The lowest BCUT2D eigenvalue weighted by Crippen LogP contribution is -1.97. The van der Waals surface area contributed by atoms with Gasteiger partial charge in [0.2, 0.25) is 0 Å². The van der Waals surface area contributed by atoms with Gasteiger partial charge in [-0.15, -0.1) is 0 Å². The zero-order valence-electron chi connectivity index (χ0n) is 10.4. The summed E-state index contributed by atoms with van der Waals surface area (Å²) in [5.41, 5.74) is 3.92. The van der Waals surface area contributed by atoms with E-state index in [1.807, 2.05) is 12.2 Å². The van der Waals surface area contributed by atoms with Crippen molar-refractivity contribution in [2.75, 3.05) is 0 Å². The average molecular weight is 230 g/mol. The second-order valence-corrected chi connectivity index (χ2v) is 4.21. The van der Waals surface area contributed by atoms with Crippen LogP contribution in [0.25, 0.3) is 6.08 Å². The Hall–Kier alpha value is -1.83. The second kappa shape index (κ2) is 6.04. The summed E-state index contributed by atoms with van der Waals surface area (Å²) in [6.07, 6.45) is 5.23. The lowest BCUT2D eigenvalue weighted by atomic mass is 10.0. The van der Waals surface area contributed by atoms with Crippen molar-refractivity contribution in [3.05, 3.63) is 53.1 Å². The number of aryl methyl sites for hydroxylation is 2. The fourth-order valence-corrected chi connectivity index (χ4v) is 1.59. The van der Waals surface area contributed by atoms with E-state index in [2.05, 4.69) is 38.6 Å². The quantitative estimate of drug-likeness (QED) is 0.782. The first kappa shape index (κ1) is 13.2. The summed E-state index contributed by atoms with van der Waals surface area (Å²) in [6.45, 7) is 7.63. The molecule has 0 saturated carbocycles. The average Bonchev–Trinajstić information content (AvgIpc) is 2.26. The van der Waals surface area contributed by atoms with Gasteiger partial charge < -0.3 is 5.11 Å². The van der Waals surface area contributed by atoms with E-state index in [4.69, 9.17) is 5.11 Å². The van der Waals surface area contributed by atoms with Gasteiger partial charge in [0.05, 0.1) is 0 Å². The van der Waals surface area contributed by atoms with Crippen molar-refractivity contribution in [2.45, 2.75) is 26.7 Å². The Morgan fingerprint density at radius 2 is 2.12 bits per heavy atom. The smallest absolute Gasteiger partial charge is 0.330 e. The molecular weight excluding hydrogens is 212 g/mol. The molecule has 0 saturated heterocycles. The van der Waals surface area contributed by atoms with Crippen LogP contribution in [0.3, 0.4) is 0 Å². The highest BCUT2D eigenvalue weighted by atomic mass is 16.4. The highest BCUT2D eigenvalue weighted by molar-refractivity contribution is 5.85. The van der Waals surface area contributed by atoms with Crippen LogP contribution in [0.1, 0.15) is 29.5 Å². The van der Waals surface area contributed by atoms with Crippen LogP contribution in [0.5, 0.6) is 0 Å². The third-order valence-corrected chi connectivity index (χ3v) is 2.64. The van der Waals surface area contributed by atoms with Crippen LogP contribution in [0, 0.1) is 13.8 Å². The third kappa shape index (κ3) is 4.27. The highest BCUT2D eigenvalue weighted by Crippen LogP contribution is 2.13. The van der Waals surface area contributed by atoms with Gasteiger partial charge in [-0.2, -0.15) is 0 Å². The summed E-state index contributed by atoms with van der Waals surface area (Å²) >= 11 is 0. The predicted molar refractivity (Wildman–Crippen MR) is 71.0 cm³/mol. The number of benzene rings is 1. The molecule has 1 N–H and O–H groups in total. The Morgan fingerprint density at radius 1 is 1.41 bits per heavy atom. The van der Waals surface area contributed by atoms with E-state index in [1.54, 1.807) is 0 Å². The minimum Gasteiger partial charge on any atom is -0.478 e. The molecule has 0 heterocycles. The van der Waals surface area contributed by atoms with Crippen molar-refractivity contribution in [2.24, 2.45) is 0 Å². The molecule has 0 spiro atoms. The number of allylic oxidation sites excluding steroid dienone is 1. The lowest BCUT2D eigenvalue weighted by Gasteiger charge is -2.01. The Morgan fingerprint density at radius 3 is 2.71 bits per heavy atom. The Balaban J connectivity index is 2.54. The molecule has 17 heavy (non-hydrogen) atoms. The number of carboxylic acids is 1. The van der Waals surface area contributed by atoms with Crippen molar-refractivity contribution in [1.82, 2.24) is 0 Å². The summed E-state index contributed by atoms with van der Waals surface area (Å²) in [5, 5.41) is 8.65. The zero-order valence-corrected chi connectivity index (χ0v) is 10.4. The molecule has 2 heteroatoms. The Labute approximate surface area is 102 Å². The molecule has 1 aromatic carbocycles. The van der Waals surface area contributed by atoms with Gasteiger partial charge in [0.1, 0.15) is 0 Å². The molecular formula is C15H18O2. The Kier molecular flexibility index (Phi) is 4.70. The number of carbonyl (C=O) groups is 1. The minimum absolute atomic E-state index is 0.260. The van der Waals surface area contributed by atoms with Crippen LogP contribution in [0.4, 0.5) is 0 Å². The van der Waals surface area contributed by atoms with Gasteiger partial charge in [0.25, 0.3) is 0 Å². The molecule has 0 aromatic heterocycles. The molecule has 0 bridgehead atoms. The SMILES string of the molecule is C=C(CCC=Cc1ccc(C)cc1C)C(=O)O. The Bertz CT molecular complexity index is 456. The fourth-order valence-electron chi connectivity index (χ4n) is 1.59. The van der Waals surface area contributed by atoms with Gasteiger partial charge in [0.15, 0.2) is 0 Å². The molecule has 0 aliphatic heterocycles. The molecule has 0 atom stereocenters. The second-order valence-electron chi connectivity index (χ2n) is 4.21. The maximum Gasteiger partial charge on any atom is 0.330 e. The largest absolute Gasteiger partial charge is 0.478 e. The van der Waals surface area contributed by atoms with Gasteiger partial charge in [-0.1, -0.05) is 42.5 Å². The summed E-state index contributed by atoms with van der Waals surface area (Å²) in [6, 6.07) is 6.28. The number of rotatable bonds is 5.